The quantitative estimate of drug-likeness (QED) is 0.826. The summed E-state index contributed by atoms with van der Waals surface area (Å²) in [5.74, 6) is -0.194. The average Bonchev–Trinajstić information content (AvgIpc) is 2.48. The predicted molar refractivity (Wildman–Crippen MR) is 100 cm³/mol. The fraction of sp³-hybridized carbons (Fsp3) is 0.263. The molecular weight excluding hydrogens is 304 g/mol. The third-order valence-corrected chi connectivity index (χ3v) is 3.89. The highest BCUT2D eigenvalue weighted by Crippen LogP contribution is 2.21. The van der Waals surface area contributed by atoms with Gasteiger partial charge in [-0.15, -0.1) is 0 Å². The SMILES string of the molecule is CCc1cccc(C)c1NC(=S)NC(=O)c1cc(C)cc(C)c1. The number of carbonyl (C=O) groups excluding carboxylic acids is 1. The zero-order chi connectivity index (χ0) is 17.0. The second kappa shape index (κ2) is 7.38. The Morgan fingerprint density at radius 3 is 2.35 bits per heavy atom. The van der Waals surface area contributed by atoms with Gasteiger partial charge in [0, 0.05) is 11.3 Å². The molecule has 3 nitrogen and oxygen atoms in total. The Bertz CT molecular complexity index is 733. The first kappa shape index (κ1) is 17.2. The topological polar surface area (TPSA) is 41.1 Å². The minimum atomic E-state index is -0.194. The molecule has 0 fully saturated rings. The fourth-order valence-corrected chi connectivity index (χ4v) is 2.82. The molecule has 120 valence electrons. The molecule has 23 heavy (non-hydrogen) atoms. The van der Waals surface area contributed by atoms with Crippen LogP contribution in [0.2, 0.25) is 0 Å². The number of carbonyl (C=O) groups is 1. The summed E-state index contributed by atoms with van der Waals surface area (Å²) >= 11 is 5.30. The van der Waals surface area contributed by atoms with Crippen molar-refractivity contribution in [3.8, 4) is 0 Å². The van der Waals surface area contributed by atoms with E-state index in [2.05, 4.69) is 23.6 Å². The van der Waals surface area contributed by atoms with E-state index in [0.29, 0.717) is 10.7 Å². The summed E-state index contributed by atoms with van der Waals surface area (Å²) in [6, 6.07) is 11.9. The van der Waals surface area contributed by atoms with Crippen LogP contribution in [0.5, 0.6) is 0 Å². The Hall–Kier alpha value is -2.20. The van der Waals surface area contributed by atoms with Gasteiger partial charge in [0.1, 0.15) is 0 Å². The number of amides is 1. The molecule has 0 radical (unpaired) electrons. The molecule has 0 saturated carbocycles. The van der Waals surface area contributed by atoms with E-state index in [9.17, 15) is 4.79 Å². The van der Waals surface area contributed by atoms with Crippen molar-refractivity contribution < 1.29 is 4.79 Å². The normalized spacial score (nSPS) is 10.3. The Balaban J connectivity index is 2.12. The van der Waals surface area contributed by atoms with Crippen LogP contribution in [0.15, 0.2) is 36.4 Å². The van der Waals surface area contributed by atoms with Crippen molar-refractivity contribution in [2.75, 3.05) is 5.32 Å². The maximum absolute atomic E-state index is 12.4. The second-order valence-electron chi connectivity index (χ2n) is 5.75. The van der Waals surface area contributed by atoms with Crippen LogP contribution in [-0.2, 0) is 6.42 Å². The summed E-state index contributed by atoms with van der Waals surface area (Å²) in [5, 5.41) is 6.24. The molecule has 0 spiro atoms. The number of hydrogen-bond acceptors (Lipinski definition) is 2. The molecule has 4 heteroatoms. The van der Waals surface area contributed by atoms with E-state index < -0.39 is 0 Å². The second-order valence-corrected chi connectivity index (χ2v) is 6.16. The molecule has 0 aliphatic heterocycles. The average molecular weight is 326 g/mol. The third kappa shape index (κ3) is 4.39. The number of thiocarbonyl (C=S) groups is 1. The lowest BCUT2D eigenvalue weighted by molar-refractivity contribution is 0.0977. The standard InChI is InChI=1S/C19H22N2OS/c1-5-15-8-6-7-14(4)17(15)20-19(23)21-18(22)16-10-12(2)9-13(3)11-16/h6-11H,5H2,1-4H3,(H2,20,21,22,23). The highest BCUT2D eigenvalue weighted by Gasteiger charge is 2.11. The molecule has 2 N–H and O–H groups in total. The van der Waals surface area contributed by atoms with Crippen LogP contribution in [0, 0.1) is 20.8 Å². The van der Waals surface area contributed by atoms with Gasteiger partial charge in [-0.3, -0.25) is 10.1 Å². The van der Waals surface area contributed by atoms with Gasteiger partial charge in [-0.05, 0) is 62.7 Å². The fourth-order valence-electron chi connectivity index (χ4n) is 2.63. The van der Waals surface area contributed by atoms with Crippen molar-refractivity contribution in [3.63, 3.8) is 0 Å². The van der Waals surface area contributed by atoms with Crippen LogP contribution in [0.25, 0.3) is 0 Å². The van der Waals surface area contributed by atoms with E-state index >= 15 is 0 Å². The van der Waals surface area contributed by atoms with Gasteiger partial charge in [0.15, 0.2) is 5.11 Å². The van der Waals surface area contributed by atoms with Crippen molar-refractivity contribution in [1.29, 1.82) is 0 Å². The molecule has 0 aromatic heterocycles. The number of para-hydroxylation sites is 1. The maximum atomic E-state index is 12.4. The van der Waals surface area contributed by atoms with Crippen molar-refractivity contribution in [1.82, 2.24) is 5.32 Å². The predicted octanol–water partition coefficient (Wildman–Crippen LogP) is 4.30. The Morgan fingerprint density at radius 2 is 1.74 bits per heavy atom. The first-order chi connectivity index (χ1) is 10.9. The van der Waals surface area contributed by atoms with E-state index in [4.69, 9.17) is 12.2 Å². The highest BCUT2D eigenvalue weighted by atomic mass is 32.1. The number of nitrogens with one attached hydrogen (secondary N) is 2. The van der Waals surface area contributed by atoms with E-state index in [1.54, 1.807) is 0 Å². The van der Waals surface area contributed by atoms with Gasteiger partial charge in [0.05, 0.1) is 0 Å². The summed E-state index contributed by atoms with van der Waals surface area (Å²) in [7, 11) is 0. The Morgan fingerprint density at radius 1 is 1.09 bits per heavy atom. The van der Waals surface area contributed by atoms with Gasteiger partial charge >= 0.3 is 0 Å². The summed E-state index contributed by atoms with van der Waals surface area (Å²) in [6.07, 6.45) is 0.900. The van der Waals surface area contributed by atoms with E-state index in [-0.39, 0.29) is 5.91 Å². The maximum Gasteiger partial charge on any atom is 0.257 e. The van der Waals surface area contributed by atoms with Gasteiger partial charge in [-0.25, -0.2) is 0 Å². The molecule has 0 saturated heterocycles. The molecule has 2 aromatic carbocycles. The minimum absolute atomic E-state index is 0.194. The minimum Gasteiger partial charge on any atom is -0.332 e. The summed E-state index contributed by atoms with van der Waals surface area (Å²) in [6.45, 7) is 8.06. The van der Waals surface area contributed by atoms with Crippen molar-refractivity contribution >= 4 is 28.9 Å². The molecule has 0 bridgehead atoms. The van der Waals surface area contributed by atoms with Crippen LogP contribution in [-0.4, -0.2) is 11.0 Å². The summed E-state index contributed by atoms with van der Waals surface area (Å²) in [4.78, 5) is 12.4. The van der Waals surface area contributed by atoms with Gasteiger partial charge in [0.2, 0.25) is 0 Å². The van der Waals surface area contributed by atoms with Gasteiger partial charge < -0.3 is 5.32 Å². The number of anilines is 1. The summed E-state index contributed by atoms with van der Waals surface area (Å²) in [5.41, 5.74) is 5.98. The highest BCUT2D eigenvalue weighted by molar-refractivity contribution is 7.80. The molecule has 2 rings (SSSR count). The molecular formula is C19H22N2OS. The first-order valence-electron chi connectivity index (χ1n) is 7.69. The van der Waals surface area contributed by atoms with Crippen LogP contribution < -0.4 is 10.6 Å². The van der Waals surface area contributed by atoms with Crippen LogP contribution >= 0.6 is 12.2 Å². The zero-order valence-corrected chi connectivity index (χ0v) is 14.8. The van der Waals surface area contributed by atoms with Gasteiger partial charge in [0.25, 0.3) is 5.91 Å². The lowest BCUT2D eigenvalue weighted by atomic mass is 10.1. The lowest BCUT2D eigenvalue weighted by Gasteiger charge is -2.15. The first-order valence-corrected chi connectivity index (χ1v) is 8.10. The summed E-state index contributed by atoms with van der Waals surface area (Å²) < 4.78 is 0. The van der Waals surface area contributed by atoms with Gasteiger partial charge in [-0.1, -0.05) is 42.3 Å². The van der Waals surface area contributed by atoms with E-state index in [0.717, 1.165) is 28.8 Å². The van der Waals surface area contributed by atoms with Crippen LogP contribution in [0.1, 0.15) is 39.5 Å². The molecule has 0 aliphatic rings. The molecule has 0 unspecified atom stereocenters. The molecule has 2 aromatic rings. The van der Waals surface area contributed by atoms with Crippen molar-refractivity contribution in [2.24, 2.45) is 0 Å². The number of rotatable bonds is 3. The van der Waals surface area contributed by atoms with E-state index in [1.165, 1.54) is 5.56 Å². The Kier molecular flexibility index (Phi) is 5.50. The largest absolute Gasteiger partial charge is 0.332 e. The molecule has 0 atom stereocenters. The number of hydrogen-bond donors (Lipinski definition) is 2. The Labute approximate surface area is 143 Å². The monoisotopic (exact) mass is 326 g/mol. The van der Waals surface area contributed by atoms with Crippen molar-refractivity contribution in [2.45, 2.75) is 34.1 Å². The molecule has 0 aliphatic carbocycles. The van der Waals surface area contributed by atoms with Crippen LogP contribution in [0.4, 0.5) is 5.69 Å². The van der Waals surface area contributed by atoms with E-state index in [1.807, 2.05) is 51.1 Å². The smallest absolute Gasteiger partial charge is 0.257 e. The molecule has 1 amide bonds. The zero-order valence-electron chi connectivity index (χ0n) is 14.0. The van der Waals surface area contributed by atoms with Gasteiger partial charge in [-0.2, -0.15) is 0 Å². The third-order valence-electron chi connectivity index (χ3n) is 3.69. The van der Waals surface area contributed by atoms with Crippen LogP contribution in [0.3, 0.4) is 0 Å². The lowest BCUT2D eigenvalue weighted by Crippen LogP contribution is -2.34. The number of aryl methyl sites for hydroxylation is 4. The molecule has 0 heterocycles. The van der Waals surface area contributed by atoms with Crippen molar-refractivity contribution in [3.05, 3.63) is 64.2 Å². The number of benzene rings is 2.